The molecular weight excluding hydrogens is 593 g/mol. The molecule has 11 heteroatoms. The van der Waals surface area contributed by atoms with E-state index in [1.807, 2.05) is 32.3 Å². The number of rotatable bonds is 7. The van der Waals surface area contributed by atoms with Crippen LogP contribution in [0.3, 0.4) is 0 Å². The van der Waals surface area contributed by atoms with Crippen LogP contribution < -0.4 is 22.1 Å². The number of pyridine rings is 2. The molecule has 0 saturated carbocycles. The van der Waals surface area contributed by atoms with Crippen molar-refractivity contribution in [1.82, 2.24) is 35.8 Å². The van der Waals surface area contributed by atoms with Gasteiger partial charge >= 0.3 is 0 Å². The molecule has 3 aliphatic heterocycles. The van der Waals surface area contributed by atoms with Crippen LogP contribution in [0.4, 0.5) is 10.2 Å². The number of nitrogens with zero attached hydrogens (tertiary/aromatic N) is 6. The van der Waals surface area contributed by atoms with Crippen molar-refractivity contribution in [3.63, 3.8) is 0 Å². The Balaban J connectivity index is 0.00000386. The van der Waals surface area contributed by atoms with Crippen molar-refractivity contribution in [1.29, 1.82) is 0 Å². The molecule has 252 valence electrons. The van der Waals surface area contributed by atoms with Crippen LogP contribution in [-0.4, -0.2) is 97.0 Å². The number of hydrogen-bond donors (Lipinski definition) is 3. The summed E-state index contributed by atoms with van der Waals surface area (Å²) in [4.78, 5) is 17.9. The van der Waals surface area contributed by atoms with E-state index in [2.05, 4.69) is 49.8 Å². The molecule has 1 atom stereocenters. The second kappa shape index (κ2) is 14.1. The number of ether oxygens (including phenoxy) is 1. The van der Waals surface area contributed by atoms with Gasteiger partial charge in [0.15, 0.2) is 0 Å². The number of fused-ring (bicyclic) bond motifs is 3. The number of piperazine rings is 1. The molecule has 6 N–H and O–H groups in total. The summed E-state index contributed by atoms with van der Waals surface area (Å²) < 4.78 is 23.9. The Labute approximate surface area is 277 Å². The zero-order valence-electron chi connectivity index (χ0n) is 28.1. The minimum atomic E-state index is -0.271. The Bertz CT molecular complexity index is 1710. The standard InChI is InChI=1S/C36H47FN8O.H3N/c1-24(38)33(39-2)26-22-31-34(40-23-26)29-8-9-32(44-18-16-43(17-19-44)27-10-14-42(3)15-11-27)41-36(29)45(31)35(25-12-20-46-21-13-25)28-6-4-5-7-30(28)37;/h4-9,22-23,25,27,35,39H,10-21,38H2,1-3H3;1H3/b33-24-;/t35-;/m0./s1. The highest BCUT2D eigenvalue weighted by Gasteiger charge is 2.33. The highest BCUT2D eigenvalue weighted by atomic mass is 19.1. The molecule has 4 aromatic rings. The van der Waals surface area contributed by atoms with Gasteiger partial charge in [-0.1, -0.05) is 18.2 Å². The van der Waals surface area contributed by atoms with Crippen LogP contribution in [0.15, 0.2) is 54.4 Å². The smallest absolute Gasteiger partial charge is 0.145 e. The molecule has 47 heavy (non-hydrogen) atoms. The van der Waals surface area contributed by atoms with Gasteiger partial charge in [0.25, 0.3) is 0 Å². The minimum absolute atomic E-state index is 0. The van der Waals surface area contributed by atoms with Crippen molar-refractivity contribution in [2.45, 2.75) is 44.7 Å². The Kier molecular flexibility index (Phi) is 9.98. The van der Waals surface area contributed by atoms with Crippen LogP contribution in [0.5, 0.6) is 0 Å². The van der Waals surface area contributed by atoms with E-state index in [0.29, 0.717) is 30.5 Å². The average Bonchev–Trinajstić information content (AvgIpc) is 3.39. The maximum Gasteiger partial charge on any atom is 0.145 e. The van der Waals surface area contributed by atoms with Gasteiger partial charge in [-0.2, -0.15) is 0 Å². The van der Waals surface area contributed by atoms with Crippen LogP contribution in [0.1, 0.15) is 49.8 Å². The van der Waals surface area contributed by atoms with Gasteiger partial charge in [-0.05, 0) is 82.9 Å². The molecule has 3 saturated heterocycles. The quantitative estimate of drug-likeness (QED) is 0.256. The van der Waals surface area contributed by atoms with Gasteiger partial charge in [0, 0.05) is 80.9 Å². The Hall–Kier alpha value is -3.77. The summed E-state index contributed by atoms with van der Waals surface area (Å²) in [7, 11) is 4.09. The second-order valence-electron chi connectivity index (χ2n) is 13.3. The summed E-state index contributed by atoms with van der Waals surface area (Å²) in [5.74, 6) is 0.938. The lowest BCUT2D eigenvalue weighted by atomic mass is 9.86. The Morgan fingerprint density at radius 1 is 1.00 bits per heavy atom. The van der Waals surface area contributed by atoms with E-state index in [4.69, 9.17) is 20.4 Å². The van der Waals surface area contributed by atoms with Crippen molar-refractivity contribution in [3.8, 4) is 0 Å². The number of hydrogen-bond acceptors (Lipinski definition) is 9. The average molecular weight is 644 g/mol. The molecule has 3 fully saturated rings. The summed E-state index contributed by atoms with van der Waals surface area (Å²) in [6.45, 7) is 9.53. The number of benzene rings is 1. The maximum absolute atomic E-state index is 15.8. The van der Waals surface area contributed by atoms with Gasteiger partial charge in [0.05, 0.1) is 22.8 Å². The number of likely N-dealkylation sites (tertiary alicyclic amines) is 1. The van der Waals surface area contributed by atoms with Gasteiger partial charge < -0.3 is 36.3 Å². The monoisotopic (exact) mass is 643 g/mol. The fourth-order valence-electron chi connectivity index (χ4n) is 7.96. The van der Waals surface area contributed by atoms with Crippen molar-refractivity contribution < 1.29 is 9.13 Å². The predicted molar refractivity (Wildman–Crippen MR) is 188 cm³/mol. The van der Waals surface area contributed by atoms with Gasteiger partial charge in [0.1, 0.15) is 17.3 Å². The van der Waals surface area contributed by atoms with E-state index >= 15 is 4.39 Å². The number of aromatic nitrogens is 3. The van der Waals surface area contributed by atoms with E-state index in [1.54, 1.807) is 12.1 Å². The zero-order chi connectivity index (χ0) is 31.8. The molecule has 7 rings (SSSR count). The first-order chi connectivity index (χ1) is 22.4. The van der Waals surface area contributed by atoms with Gasteiger partial charge in [-0.3, -0.25) is 9.88 Å². The maximum atomic E-state index is 15.8. The molecule has 1 aromatic carbocycles. The third-order valence-electron chi connectivity index (χ3n) is 10.5. The lowest BCUT2D eigenvalue weighted by molar-refractivity contribution is 0.0548. The summed E-state index contributed by atoms with van der Waals surface area (Å²) in [5, 5.41) is 4.23. The van der Waals surface area contributed by atoms with Gasteiger partial charge in [-0.15, -0.1) is 0 Å². The normalized spacial score (nSPS) is 20.3. The number of nitrogens with one attached hydrogen (secondary N) is 1. The van der Waals surface area contributed by atoms with E-state index < -0.39 is 0 Å². The van der Waals surface area contributed by atoms with Crippen LogP contribution in [0, 0.1) is 11.7 Å². The first-order valence-corrected chi connectivity index (χ1v) is 16.9. The molecule has 0 unspecified atom stereocenters. The molecule has 0 aliphatic carbocycles. The lowest BCUT2D eigenvalue weighted by Crippen LogP contribution is -2.53. The number of anilines is 1. The molecule has 6 heterocycles. The number of nitrogens with two attached hydrogens (primary N) is 1. The summed E-state index contributed by atoms with van der Waals surface area (Å²) in [5.41, 5.74) is 12.0. The van der Waals surface area contributed by atoms with Crippen LogP contribution in [0.2, 0.25) is 0 Å². The Morgan fingerprint density at radius 2 is 1.72 bits per heavy atom. The Morgan fingerprint density at radius 3 is 2.40 bits per heavy atom. The fourth-order valence-corrected chi connectivity index (χ4v) is 7.96. The molecule has 10 nitrogen and oxygen atoms in total. The van der Waals surface area contributed by atoms with E-state index in [9.17, 15) is 0 Å². The first kappa shape index (κ1) is 33.1. The SMILES string of the molecule is CN/C(=C(/C)N)c1cnc2c3ccc(N4CCN(C5CCN(C)CC5)CC4)nc3n([C@H](c3ccccc3F)C3CCOCC3)c2c1.N. The van der Waals surface area contributed by atoms with Crippen molar-refractivity contribution in [3.05, 3.63) is 71.3 Å². The summed E-state index contributed by atoms with van der Waals surface area (Å²) in [6, 6.07) is 14.0. The van der Waals surface area contributed by atoms with E-state index in [0.717, 1.165) is 78.2 Å². The minimum Gasteiger partial charge on any atom is -0.401 e. The molecular formula is C36H50FN9O. The van der Waals surface area contributed by atoms with Crippen LogP contribution in [0.25, 0.3) is 27.8 Å². The van der Waals surface area contributed by atoms with Gasteiger partial charge in [-0.25, -0.2) is 9.37 Å². The molecule has 3 aliphatic rings. The molecule has 3 aromatic heterocycles. The van der Waals surface area contributed by atoms with Crippen LogP contribution >= 0.6 is 0 Å². The van der Waals surface area contributed by atoms with Crippen molar-refractivity contribution in [2.24, 2.45) is 11.7 Å². The first-order valence-electron chi connectivity index (χ1n) is 16.9. The highest BCUT2D eigenvalue weighted by molar-refractivity contribution is 6.05. The third kappa shape index (κ3) is 6.41. The van der Waals surface area contributed by atoms with Crippen molar-refractivity contribution in [2.75, 3.05) is 71.5 Å². The second-order valence-corrected chi connectivity index (χ2v) is 13.3. The third-order valence-corrected chi connectivity index (χ3v) is 10.5. The molecule has 0 bridgehead atoms. The molecule has 0 amide bonds. The van der Waals surface area contributed by atoms with Gasteiger partial charge in [0.2, 0.25) is 0 Å². The summed E-state index contributed by atoms with van der Waals surface area (Å²) in [6.07, 6.45) is 6.04. The lowest BCUT2D eigenvalue weighted by Gasteiger charge is -2.42. The number of halogens is 1. The largest absolute Gasteiger partial charge is 0.401 e. The van der Waals surface area contributed by atoms with E-state index in [-0.39, 0.29) is 23.9 Å². The molecule has 0 spiro atoms. The molecule has 0 radical (unpaired) electrons. The number of allylic oxidation sites excluding steroid dienone is 1. The van der Waals surface area contributed by atoms with Crippen molar-refractivity contribution >= 4 is 33.6 Å². The number of piperidine rings is 1. The van der Waals surface area contributed by atoms with Crippen LogP contribution in [-0.2, 0) is 4.74 Å². The van der Waals surface area contributed by atoms with E-state index in [1.165, 1.54) is 25.9 Å². The fraction of sp³-hybridized carbons (Fsp3) is 0.500. The predicted octanol–water partition coefficient (Wildman–Crippen LogP) is 4.98. The highest BCUT2D eigenvalue weighted by Crippen LogP contribution is 2.41. The topological polar surface area (TPSA) is 123 Å². The summed E-state index contributed by atoms with van der Waals surface area (Å²) >= 11 is 0. The zero-order valence-corrected chi connectivity index (χ0v) is 28.1.